The van der Waals surface area contributed by atoms with Crippen LogP contribution in [0.3, 0.4) is 0 Å². The molecule has 0 bridgehead atoms. The van der Waals surface area contributed by atoms with Gasteiger partial charge in [-0.1, -0.05) is 36.9 Å². The highest BCUT2D eigenvalue weighted by Gasteiger charge is 2.17. The van der Waals surface area contributed by atoms with Crippen LogP contribution in [0.2, 0.25) is 0 Å². The van der Waals surface area contributed by atoms with E-state index in [2.05, 4.69) is 16.9 Å². The van der Waals surface area contributed by atoms with Crippen LogP contribution >= 0.6 is 0 Å². The smallest absolute Gasteiger partial charge is 0.267 e. The molecule has 0 unspecified atom stereocenters. The van der Waals surface area contributed by atoms with Crippen LogP contribution in [0.1, 0.15) is 23.1 Å². The number of carbonyl (C=O) groups is 1. The highest BCUT2D eigenvalue weighted by molar-refractivity contribution is 6.00. The molecule has 3 aromatic rings. The highest BCUT2D eigenvalue weighted by Crippen LogP contribution is 2.29. The first-order valence-electron chi connectivity index (χ1n) is 9.39. The zero-order chi connectivity index (χ0) is 19.8. The van der Waals surface area contributed by atoms with Crippen LogP contribution in [-0.2, 0) is 13.0 Å². The lowest BCUT2D eigenvalue weighted by Gasteiger charge is -2.10. The molecular weight excluding hydrogens is 350 g/mol. The van der Waals surface area contributed by atoms with E-state index in [9.17, 15) is 4.79 Å². The summed E-state index contributed by atoms with van der Waals surface area (Å²) in [6, 6.07) is 13.5. The van der Waals surface area contributed by atoms with E-state index >= 15 is 0 Å². The Labute approximate surface area is 165 Å². The molecule has 5 heteroatoms. The van der Waals surface area contributed by atoms with E-state index in [4.69, 9.17) is 4.74 Å². The van der Waals surface area contributed by atoms with E-state index in [0.717, 1.165) is 22.3 Å². The van der Waals surface area contributed by atoms with Crippen LogP contribution in [0.15, 0.2) is 73.5 Å². The molecule has 2 heterocycles. The fraction of sp³-hybridized carbons (Fsp3) is 0.217. The van der Waals surface area contributed by atoms with E-state index in [0.29, 0.717) is 31.8 Å². The summed E-state index contributed by atoms with van der Waals surface area (Å²) in [5.41, 5.74) is 2.54. The number of pyridine rings is 1. The molecule has 0 atom stereocenters. The molecule has 0 aliphatic rings. The van der Waals surface area contributed by atoms with Crippen molar-refractivity contribution in [2.24, 2.45) is 0 Å². The maximum atomic E-state index is 12.9. The Morgan fingerprint density at radius 2 is 2.18 bits per heavy atom. The molecule has 144 valence electrons. The lowest BCUT2D eigenvalue weighted by molar-refractivity contribution is 0.0946. The fourth-order valence-corrected chi connectivity index (χ4v) is 3.07. The molecule has 0 saturated heterocycles. The van der Waals surface area contributed by atoms with Crippen LogP contribution in [0.25, 0.3) is 10.9 Å². The number of hydrogen-bond donors (Lipinski definition) is 1. The number of ether oxygens (including phenoxy) is 1. The van der Waals surface area contributed by atoms with Gasteiger partial charge in [-0.25, -0.2) is 0 Å². The minimum atomic E-state index is -0.105. The van der Waals surface area contributed by atoms with E-state index < -0.39 is 0 Å². The average Bonchev–Trinajstić information content (AvgIpc) is 3.10. The third kappa shape index (κ3) is 4.49. The summed E-state index contributed by atoms with van der Waals surface area (Å²) < 4.78 is 7.78. The number of allylic oxidation sites excluding steroid dienone is 2. The van der Waals surface area contributed by atoms with E-state index in [-0.39, 0.29) is 5.91 Å². The van der Waals surface area contributed by atoms with Crippen LogP contribution in [0.5, 0.6) is 5.75 Å². The molecule has 5 nitrogen and oxygen atoms in total. The van der Waals surface area contributed by atoms with Gasteiger partial charge in [0.15, 0.2) is 0 Å². The molecule has 0 radical (unpaired) electrons. The Hall–Kier alpha value is -3.34. The Balaban J connectivity index is 1.85. The molecule has 1 amide bonds. The normalized spacial score (nSPS) is 11.0. The maximum absolute atomic E-state index is 12.9. The second-order valence-electron chi connectivity index (χ2n) is 6.32. The lowest BCUT2D eigenvalue weighted by Crippen LogP contribution is -2.28. The second-order valence-corrected chi connectivity index (χ2v) is 6.32. The molecular formula is C23H25N3O2. The number of nitrogens with zero attached hydrogens (tertiary/aromatic N) is 2. The lowest BCUT2D eigenvalue weighted by atomic mass is 10.2. The molecule has 28 heavy (non-hydrogen) atoms. The van der Waals surface area contributed by atoms with Gasteiger partial charge in [-0.05, 0) is 37.3 Å². The van der Waals surface area contributed by atoms with Crippen molar-refractivity contribution in [3.8, 4) is 5.75 Å². The largest absolute Gasteiger partial charge is 0.489 e. The molecule has 0 fully saturated rings. The molecule has 0 aliphatic carbocycles. The van der Waals surface area contributed by atoms with E-state index in [1.807, 2.05) is 66.1 Å². The number of hydrogen-bond acceptors (Lipinski definition) is 3. The summed E-state index contributed by atoms with van der Waals surface area (Å²) in [5.74, 6) is 0.644. The Kier molecular flexibility index (Phi) is 6.63. The number of rotatable bonds is 9. The van der Waals surface area contributed by atoms with Gasteiger partial charge >= 0.3 is 0 Å². The topological polar surface area (TPSA) is 56.1 Å². The molecule has 0 aliphatic heterocycles. The number of fused-ring (bicyclic) bond motifs is 1. The zero-order valence-electron chi connectivity index (χ0n) is 16.1. The molecule has 1 aromatic carbocycles. The van der Waals surface area contributed by atoms with Crippen molar-refractivity contribution in [3.63, 3.8) is 0 Å². The van der Waals surface area contributed by atoms with Gasteiger partial charge in [0.25, 0.3) is 5.91 Å². The number of amides is 1. The Bertz CT molecular complexity index is 974. The molecule has 1 N–H and O–H groups in total. The number of carbonyl (C=O) groups excluding carboxylic acids is 1. The second kappa shape index (κ2) is 9.55. The molecule has 0 saturated carbocycles. The summed E-state index contributed by atoms with van der Waals surface area (Å²) in [7, 11) is 0. The first-order valence-corrected chi connectivity index (χ1v) is 9.39. The van der Waals surface area contributed by atoms with Crippen LogP contribution in [0.4, 0.5) is 0 Å². The number of nitrogens with one attached hydrogen (secondary N) is 1. The standard InChI is InChI=1S/C23H25N3O2/c1-3-5-15-26-20-10-8-11-22(28-16-4-2)19(20)17-21(26)23(27)25-14-12-18-9-6-7-13-24-18/h3-11,13,17H,2,12,14-16H2,1H3,(H,25,27)/b5-3-. The molecule has 2 aromatic heterocycles. The number of benzene rings is 1. The van der Waals surface area contributed by atoms with Gasteiger partial charge in [0.2, 0.25) is 0 Å². The maximum Gasteiger partial charge on any atom is 0.267 e. The van der Waals surface area contributed by atoms with E-state index in [1.54, 1.807) is 12.3 Å². The highest BCUT2D eigenvalue weighted by atomic mass is 16.5. The van der Waals surface area contributed by atoms with Crippen molar-refractivity contribution in [3.05, 3.63) is 84.9 Å². The van der Waals surface area contributed by atoms with Gasteiger partial charge in [-0.3, -0.25) is 9.78 Å². The summed E-state index contributed by atoms with van der Waals surface area (Å²) >= 11 is 0. The zero-order valence-corrected chi connectivity index (χ0v) is 16.1. The Morgan fingerprint density at radius 1 is 1.29 bits per heavy atom. The van der Waals surface area contributed by atoms with Crippen molar-refractivity contribution in [1.82, 2.24) is 14.9 Å². The van der Waals surface area contributed by atoms with Crippen molar-refractivity contribution in [2.45, 2.75) is 19.9 Å². The van der Waals surface area contributed by atoms with Gasteiger partial charge in [-0.15, -0.1) is 0 Å². The van der Waals surface area contributed by atoms with Gasteiger partial charge in [0.05, 0.1) is 5.52 Å². The number of aromatic nitrogens is 2. The van der Waals surface area contributed by atoms with Crippen LogP contribution < -0.4 is 10.1 Å². The molecule has 0 spiro atoms. The minimum absolute atomic E-state index is 0.105. The SMILES string of the molecule is C=CCOc1cccc2c1cc(C(=O)NCCc1ccccn1)n2C/C=C\C. The molecule has 3 rings (SSSR count). The third-order valence-electron chi connectivity index (χ3n) is 4.41. The fourth-order valence-electron chi connectivity index (χ4n) is 3.07. The quantitative estimate of drug-likeness (QED) is 0.572. The van der Waals surface area contributed by atoms with E-state index in [1.165, 1.54) is 0 Å². The summed E-state index contributed by atoms with van der Waals surface area (Å²) in [6.45, 7) is 7.24. The predicted molar refractivity (Wildman–Crippen MR) is 113 cm³/mol. The average molecular weight is 375 g/mol. The summed E-state index contributed by atoms with van der Waals surface area (Å²) in [5, 5.41) is 3.93. The van der Waals surface area contributed by atoms with Gasteiger partial charge < -0.3 is 14.6 Å². The Morgan fingerprint density at radius 3 is 2.93 bits per heavy atom. The monoisotopic (exact) mass is 375 g/mol. The van der Waals surface area contributed by atoms with Crippen LogP contribution in [-0.4, -0.2) is 28.6 Å². The van der Waals surface area contributed by atoms with Crippen molar-refractivity contribution < 1.29 is 9.53 Å². The van der Waals surface area contributed by atoms with Crippen LogP contribution in [0, 0.1) is 0 Å². The van der Waals surface area contributed by atoms with Crippen molar-refractivity contribution >= 4 is 16.8 Å². The first-order chi connectivity index (χ1) is 13.7. The van der Waals surface area contributed by atoms with Crippen molar-refractivity contribution in [1.29, 1.82) is 0 Å². The minimum Gasteiger partial charge on any atom is -0.489 e. The predicted octanol–water partition coefficient (Wildman–Crippen LogP) is 4.15. The van der Waals surface area contributed by atoms with Crippen molar-refractivity contribution in [2.75, 3.05) is 13.2 Å². The third-order valence-corrected chi connectivity index (χ3v) is 4.41. The van der Waals surface area contributed by atoms with Gasteiger partial charge in [-0.2, -0.15) is 0 Å². The first kappa shape index (κ1) is 19.4. The summed E-state index contributed by atoms with van der Waals surface area (Å²) in [6.07, 6.45) is 8.17. The summed E-state index contributed by atoms with van der Waals surface area (Å²) in [4.78, 5) is 17.2. The van der Waals surface area contributed by atoms with Gasteiger partial charge in [0.1, 0.15) is 18.1 Å². The van der Waals surface area contributed by atoms with Gasteiger partial charge in [0, 0.05) is 36.8 Å².